The summed E-state index contributed by atoms with van der Waals surface area (Å²) in [5, 5.41) is -0.481. The summed E-state index contributed by atoms with van der Waals surface area (Å²) in [5.41, 5.74) is 1.85. The molecule has 1 saturated heterocycles. The first-order valence-electron chi connectivity index (χ1n) is 9.32. The smallest absolute Gasteiger partial charge is 0.283 e. The van der Waals surface area contributed by atoms with E-state index in [-0.39, 0.29) is 10.6 Å². The second-order valence-electron chi connectivity index (χ2n) is 6.72. The van der Waals surface area contributed by atoms with Gasteiger partial charge in [-0.05, 0) is 42.5 Å². The monoisotopic (exact) mass is 417 g/mol. The van der Waals surface area contributed by atoms with Crippen molar-refractivity contribution in [1.29, 1.82) is 0 Å². The van der Waals surface area contributed by atoms with Crippen molar-refractivity contribution in [2.45, 2.75) is 6.92 Å². The fraction of sp³-hybridized carbons (Fsp3) is 0.0870. The maximum atomic E-state index is 13.1. The molecular formula is C23H19N3O3S. The van der Waals surface area contributed by atoms with Gasteiger partial charge in [0.2, 0.25) is 0 Å². The Morgan fingerprint density at radius 3 is 2.20 bits per heavy atom. The van der Waals surface area contributed by atoms with E-state index in [0.29, 0.717) is 11.4 Å². The third-order valence-electron chi connectivity index (χ3n) is 4.88. The molecule has 0 N–H and O–H groups in total. The number of carbonyl (C=O) groups is 2. The Bertz CT molecular complexity index is 1240. The number of imide groups is 1. The number of aromatic nitrogens is 2. The summed E-state index contributed by atoms with van der Waals surface area (Å²) >= 11 is 0.830. The van der Waals surface area contributed by atoms with Crippen LogP contribution in [0.3, 0.4) is 0 Å². The SMILES string of the molecule is Cc1c(N2C(=O)SC(=CC=Cc3ccccc3)C2=O)c(=O)n(-c2ccccc2)n1C. The zero-order chi connectivity index (χ0) is 21.3. The number of hydrogen-bond acceptors (Lipinski definition) is 4. The zero-order valence-corrected chi connectivity index (χ0v) is 17.3. The molecule has 3 aromatic rings. The Hall–Kier alpha value is -3.58. The molecule has 4 rings (SSSR count). The Kier molecular flexibility index (Phi) is 5.29. The Morgan fingerprint density at radius 2 is 1.53 bits per heavy atom. The highest BCUT2D eigenvalue weighted by Gasteiger charge is 2.40. The minimum absolute atomic E-state index is 0.0827. The van der Waals surface area contributed by atoms with Crippen molar-refractivity contribution >= 4 is 34.7 Å². The predicted molar refractivity (Wildman–Crippen MR) is 120 cm³/mol. The van der Waals surface area contributed by atoms with E-state index < -0.39 is 16.7 Å². The van der Waals surface area contributed by atoms with Crippen LogP contribution in [0.1, 0.15) is 11.3 Å². The third kappa shape index (κ3) is 3.44. The number of para-hydroxylation sites is 1. The molecule has 1 aromatic heterocycles. The van der Waals surface area contributed by atoms with Crippen molar-refractivity contribution in [2.24, 2.45) is 7.05 Å². The molecule has 2 aromatic carbocycles. The number of hydrogen-bond donors (Lipinski definition) is 0. The third-order valence-corrected chi connectivity index (χ3v) is 5.76. The van der Waals surface area contributed by atoms with Crippen molar-refractivity contribution in [2.75, 3.05) is 4.90 Å². The van der Waals surface area contributed by atoms with Gasteiger partial charge in [0.1, 0.15) is 5.69 Å². The normalized spacial score (nSPS) is 15.7. The molecule has 0 bridgehead atoms. The fourth-order valence-corrected chi connectivity index (χ4v) is 4.08. The van der Waals surface area contributed by atoms with Crippen LogP contribution in [-0.4, -0.2) is 20.5 Å². The predicted octanol–water partition coefficient (Wildman–Crippen LogP) is 4.28. The second kappa shape index (κ2) is 8.04. The van der Waals surface area contributed by atoms with Crippen molar-refractivity contribution in [1.82, 2.24) is 9.36 Å². The number of carbonyl (C=O) groups excluding carboxylic acids is 2. The van der Waals surface area contributed by atoms with Gasteiger partial charge in [-0.25, -0.2) is 9.58 Å². The first kappa shape index (κ1) is 19.7. The van der Waals surface area contributed by atoms with Gasteiger partial charge in [0.15, 0.2) is 0 Å². The van der Waals surface area contributed by atoms with Gasteiger partial charge in [0.05, 0.1) is 16.3 Å². The van der Waals surface area contributed by atoms with Gasteiger partial charge in [-0.3, -0.25) is 19.1 Å². The molecule has 150 valence electrons. The van der Waals surface area contributed by atoms with Gasteiger partial charge < -0.3 is 0 Å². The lowest BCUT2D eigenvalue weighted by atomic mass is 10.2. The van der Waals surface area contributed by atoms with E-state index in [2.05, 4.69) is 0 Å². The average Bonchev–Trinajstić information content (AvgIpc) is 3.15. The molecule has 2 amide bonds. The first-order chi connectivity index (χ1) is 14.5. The van der Waals surface area contributed by atoms with Gasteiger partial charge in [-0.1, -0.05) is 60.7 Å². The van der Waals surface area contributed by atoms with E-state index in [1.807, 2.05) is 54.6 Å². The van der Waals surface area contributed by atoms with Gasteiger partial charge >= 0.3 is 0 Å². The van der Waals surface area contributed by atoms with Gasteiger partial charge in [-0.15, -0.1) is 0 Å². The quantitative estimate of drug-likeness (QED) is 0.595. The van der Waals surface area contributed by atoms with Gasteiger partial charge in [0, 0.05) is 7.05 Å². The summed E-state index contributed by atoms with van der Waals surface area (Å²) in [5.74, 6) is -0.492. The Balaban J connectivity index is 1.69. The number of allylic oxidation sites excluding steroid dienone is 2. The largest absolute Gasteiger partial charge is 0.298 e. The molecule has 0 unspecified atom stereocenters. The van der Waals surface area contributed by atoms with Crippen molar-refractivity contribution in [3.63, 3.8) is 0 Å². The van der Waals surface area contributed by atoms with Gasteiger partial charge in [0.25, 0.3) is 16.7 Å². The van der Waals surface area contributed by atoms with Crippen LogP contribution in [0.5, 0.6) is 0 Å². The van der Waals surface area contributed by atoms with E-state index in [1.54, 1.807) is 42.9 Å². The van der Waals surface area contributed by atoms with Crippen LogP contribution in [0.4, 0.5) is 10.5 Å². The highest BCUT2D eigenvalue weighted by atomic mass is 32.2. The molecule has 0 radical (unpaired) electrons. The Morgan fingerprint density at radius 1 is 0.900 bits per heavy atom. The van der Waals surface area contributed by atoms with Gasteiger partial charge in [-0.2, -0.15) is 0 Å². The number of amides is 2. The summed E-state index contributed by atoms with van der Waals surface area (Å²) in [7, 11) is 1.73. The first-order valence-corrected chi connectivity index (χ1v) is 10.1. The van der Waals surface area contributed by atoms with E-state index in [0.717, 1.165) is 22.2 Å². The number of anilines is 1. The summed E-state index contributed by atoms with van der Waals surface area (Å²) in [6.07, 6.45) is 5.18. The van der Waals surface area contributed by atoms with Crippen LogP contribution in [-0.2, 0) is 11.8 Å². The van der Waals surface area contributed by atoms with Crippen molar-refractivity contribution in [3.05, 3.63) is 99.3 Å². The molecule has 0 spiro atoms. The number of thioether (sulfide) groups is 1. The van der Waals surface area contributed by atoms with Crippen LogP contribution in [0.15, 0.2) is 82.5 Å². The maximum Gasteiger partial charge on any atom is 0.298 e. The molecule has 0 atom stereocenters. The van der Waals surface area contributed by atoms with Crippen molar-refractivity contribution < 1.29 is 9.59 Å². The average molecular weight is 417 g/mol. The van der Waals surface area contributed by atoms with Crippen LogP contribution in [0.25, 0.3) is 11.8 Å². The lowest BCUT2D eigenvalue weighted by Crippen LogP contribution is -2.33. The molecular weight excluding hydrogens is 398 g/mol. The Labute approximate surface area is 177 Å². The topological polar surface area (TPSA) is 64.3 Å². The molecule has 6 nitrogen and oxygen atoms in total. The standard InChI is InChI=1S/C23H19N3O3S/c1-16-20(22(28)26(24(16)2)18-13-7-4-8-14-18)25-21(27)19(30-23(25)29)15-9-12-17-10-5-3-6-11-17/h3-15H,1-2H3. The number of nitrogens with zero attached hydrogens (tertiary/aromatic N) is 3. The molecule has 1 aliphatic heterocycles. The minimum Gasteiger partial charge on any atom is -0.283 e. The number of benzene rings is 2. The molecule has 1 aliphatic rings. The molecule has 0 aliphatic carbocycles. The second-order valence-corrected chi connectivity index (χ2v) is 7.71. The van der Waals surface area contributed by atoms with E-state index in [9.17, 15) is 14.4 Å². The minimum atomic E-state index is -0.492. The van der Waals surface area contributed by atoms with E-state index in [4.69, 9.17) is 0 Å². The van der Waals surface area contributed by atoms with Crippen LogP contribution in [0.2, 0.25) is 0 Å². The molecule has 2 heterocycles. The zero-order valence-electron chi connectivity index (χ0n) is 16.5. The highest BCUT2D eigenvalue weighted by Crippen LogP contribution is 2.35. The van der Waals surface area contributed by atoms with Crippen LogP contribution >= 0.6 is 11.8 Å². The molecule has 30 heavy (non-hydrogen) atoms. The summed E-state index contributed by atoms with van der Waals surface area (Å²) in [6.45, 7) is 1.72. The molecule has 7 heteroatoms. The number of rotatable bonds is 4. The van der Waals surface area contributed by atoms with Crippen molar-refractivity contribution in [3.8, 4) is 5.69 Å². The lowest BCUT2D eigenvalue weighted by Gasteiger charge is -2.10. The molecule has 1 fully saturated rings. The summed E-state index contributed by atoms with van der Waals surface area (Å²) in [6, 6.07) is 18.7. The van der Waals surface area contributed by atoms with E-state index >= 15 is 0 Å². The maximum absolute atomic E-state index is 13.1. The van der Waals surface area contributed by atoms with E-state index in [1.165, 1.54) is 4.68 Å². The lowest BCUT2D eigenvalue weighted by molar-refractivity contribution is -0.113. The summed E-state index contributed by atoms with van der Waals surface area (Å²) < 4.78 is 3.10. The van der Waals surface area contributed by atoms with Crippen LogP contribution < -0.4 is 10.5 Å². The fourth-order valence-electron chi connectivity index (χ4n) is 3.30. The van der Waals surface area contributed by atoms with Crippen LogP contribution in [0, 0.1) is 6.92 Å². The summed E-state index contributed by atoms with van der Waals surface area (Å²) in [4.78, 5) is 40.0. The molecule has 0 saturated carbocycles. The highest BCUT2D eigenvalue weighted by molar-refractivity contribution is 8.18.